The number of rotatable bonds is 9. The van der Waals surface area contributed by atoms with Gasteiger partial charge in [-0.05, 0) is 56.2 Å². The third-order valence-corrected chi connectivity index (χ3v) is 7.57. The number of alkyl halides is 3. The van der Waals surface area contributed by atoms with E-state index >= 15 is 0 Å². The first-order valence-corrected chi connectivity index (χ1v) is 12.8. The van der Waals surface area contributed by atoms with Crippen LogP contribution in [0.15, 0.2) is 53.4 Å². The molecule has 12 heteroatoms. The molecule has 198 valence electrons. The molecule has 36 heavy (non-hydrogen) atoms. The number of amides is 1. The average Bonchev–Trinajstić information content (AvgIpc) is 2.82. The van der Waals surface area contributed by atoms with Gasteiger partial charge in [-0.3, -0.25) is 5.32 Å². The van der Waals surface area contributed by atoms with Gasteiger partial charge in [0.1, 0.15) is 11.9 Å². The van der Waals surface area contributed by atoms with Crippen LogP contribution in [0.2, 0.25) is 0 Å². The molecule has 0 saturated carbocycles. The molecule has 3 rings (SSSR count). The fraction of sp³-hybridized carbons (Fsp3) is 0.458. The molecule has 0 aromatic heterocycles. The summed E-state index contributed by atoms with van der Waals surface area (Å²) in [6.07, 6.45) is -7.44. The number of aryl methyl sites for hydroxylation is 1. The van der Waals surface area contributed by atoms with Gasteiger partial charge in [0, 0.05) is 32.3 Å². The number of piperidine rings is 1. The van der Waals surface area contributed by atoms with Crippen molar-refractivity contribution in [2.75, 3.05) is 32.1 Å². The minimum Gasteiger partial charge on any atom is -0.481 e. The number of hydrogen-bond donors (Lipinski definition) is 1. The topological polar surface area (TPSA) is 94.2 Å². The van der Waals surface area contributed by atoms with Crippen LogP contribution < -0.4 is 10.1 Å². The lowest BCUT2D eigenvalue weighted by Crippen LogP contribution is -2.41. The Bertz CT molecular complexity index is 1100. The van der Waals surface area contributed by atoms with E-state index in [-0.39, 0.29) is 36.8 Å². The molecule has 0 aliphatic carbocycles. The van der Waals surface area contributed by atoms with Gasteiger partial charge >= 0.3 is 12.3 Å². The van der Waals surface area contributed by atoms with Gasteiger partial charge in [0.2, 0.25) is 10.0 Å². The molecule has 0 radical (unpaired) electrons. The summed E-state index contributed by atoms with van der Waals surface area (Å²) in [5.74, 6) is -0.00509. The maximum atomic E-state index is 13.1. The second kappa shape index (κ2) is 11.9. The number of nitrogens with one attached hydrogen (secondary N) is 1. The molecule has 1 atom stereocenters. The van der Waals surface area contributed by atoms with Crippen molar-refractivity contribution in [3.63, 3.8) is 0 Å². The fourth-order valence-electron chi connectivity index (χ4n) is 3.64. The van der Waals surface area contributed by atoms with Crippen molar-refractivity contribution in [3.05, 3.63) is 54.1 Å². The third kappa shape index (κ3) is 7.58. The van der Waals surface area contributed by atoms with Crippen molar-refractivity contribution in [1.82, 2.24) is 4.31 Å². The number of nitrogens with zero attached hydrogens (tertiary/aromatic N) is 1. The van der Waals surface area contributed by atoms with E-state index in [0.29, 0.717) is 18.5 Å². The Balaban J connectivity index is 1.48. The molecule has 2 aromatic carbocycles. The van der Waals surface area contributed by atoms with Crippen molar-refractivity contribution in [1.29, 1.82) is 0 Å². The second-order valence-electron chi connectivity index (χ2n) is 8.40. The molecule has 0 spiro atoms. The van der Waals surface area contributed by atoms with E-state index in [2.05, 4.69) is 5.32 Å². The minimum atomic E-state index is -4.55. The first-order chi connectivity index (χ1) is 17.0. The number of benzene rings is 2. The summed E-state index contributed by atoms with van der Waals surface area (Å²) in [6.45, 7) is 2.19. The van der Waals surface area contributed by atoms with Crippen molar-refractivity contribution in [2.24, 2.45) is 0 Å². The third-order valence-electron chi connectivity index (χ3n) is 5.66. The standard InChI is InChI=1S/C24H29F3N2O6S/c1-17-3-9-21(10-4-17)36(31,32)29-14-11-20(12-15-29)35-23(30)28-18-5-7-19(8-6-18)34-22(13-16-33-2)24(25,26)27/h3-10,20,22H,11-16H2,1-2H3,(H,28,30)/t22-/m1/s1. The normalized spacial score (nSPS) is 16.4. The summed E-state index contributed by atoms with van der Waals surface area (Å²) in [7, 11) is -2.31. The largest absolute Gasteiger partial charge is 0.481 e. The SMILES string of the molecule is COCC[C@@H](Oc1ccc(NC(=O)OC2CCN(S(=O)(=O)c3ccc(C)cc3)CC2)cc1)C(F)(F)F. The van der Waals surface area contributed by atoms with Crippen molar-refractivity contribution >= 4 is 21.8 Å². The van der Waals surface area contributed by atoms with E-state index in [0.717, 1.165) is 5.56 Å². The molecule has 1 N–H and O–H groups in total. The Labute approximate surface area is 208 Å². The van der Waals surface area contributed by atoms with Crippen LogP contribution in [0.1, 0.15) is 24.8 Å². The number of carbonyl (C=O) groups is 1. The molecule has 1 amide bonds. The fourth-order valence-corrected chi connectivity index (χ4v) is 5.11. The number of sulfonamides is 1. The number of hydrogen-bond acceptors (Lipinski definition) is 6. The summed E-state index contributed by atoms with van der Waals surface area (Å²) in [5.41, 5.74) is 1.27. The molecular formula is C24H29F3N2O6S. The van der Waals surface area contributed by atoms with E-state index in [9.17, 15) is 26.4 Å². The Hall–Kier alpha value is -2.83. The van der Waals surface area contributed by atoms with Crippen molar-refractivity contribution in [3.8, 4) is 5.75 Å². The molecule has 0 unspecified atom stereocenters. The van der Waals surface area contributed by atoms with E-state index in [1.807, 2.05) is 6.92 Å². The zero-order valence-corrected chi connectivity index (χ0v) is 20.8. The van der Waals surface area contributed by atoms with Gasteiger partial charge in [-0.25, -0.2) is 13.2 Å². The highest BCUT2D eigenvalue weighted by Gasteiger charge is 2.41. The summed E-state index contributed by atoms with van der Waals surface area (Å²) < 4.78 is 81.4. The minimum absolute atomic E-state index is 0.00509. The van der Waals surface area contributed by atoms with Crippen LogP contribution in [-0.2, 0) is 19.5 Å². The molecule has 8 nitrogen and oxygen atoms in total. The lowest BCUT2D eigenvalue weighted by Gasteiger charge is -2.30. The van der Waals surface area contributed by atoms with Crippen molar-refractivity contribution in [2.45, 2.75) is 49.5 Å². The maximum absolute atomic E-state index is 13.1. The van der Waals surface area contributed by atoms with Crippen LogP contribution in [0, 0.1) is 6.92 Å². The zero-order valence-electron chi connectivity index (χ0n) is 20.0. The van der Waals surface area contributed by atoms with E-state index < -0.39 is 34.5 Å². The van der Waals surface area contributed by atoms with Crippen LogP contribution in [0.25, 0.3) is 0 Å². The predicted octanol–water partition coefficient (Wildman–Crippen LogP) is 4.74. The maximum Gasteiger partial charge on any atom is 0.425 e. The van der Waals surface area contributed by atoms with Crippen LogP contribution in [0.4, 0.5) is 23.7 Å². The van der Waals surface area contributed by atoms with Gasteiger partial charge in [-0.15, -0.1) is 0 Å². The molecule has 2 aromatic rings. The first-order valence-electron chi connectivity index (χ1n) is 11.4. The Kier molecular flexibility index (Phi) is 9.20. The molecular weight excluding hydrogens is 501 g/mol. The van der Waals surface area contributed by atoms with E-state index in [1.54, 1.807) is 24.3 Å². The Morgan fingerprint density at radius 2 is 1.69 bits per heavy atom. The summed E-state index contributed by atoms with van der Waals surface area (Å²) in [5, 5.41) is 2.52. The summed E-state index contributed by atoms with van der Waals surface area (Å²) in [6, 6.07) is 12.0. The number of halogens is 3. The van der Waals surface area contributed by atoms with E-state index in [1.165, 1.54) is 35.7 Å². The van der Waals surface area contributed by atoms with Gasteiger partial charge in [0.05, 0.1) is 11.5 Å². The van der Waals surface area contributed by atoms with Gasteiger partial charge < -0.3 is 14.2 Å². The van der Waals surface area contributed by atoms with Crippen LogP contribution >= 0.6 is 0 Å². The lowest BCUT2D eigenvalue weighted by atomic mass is 10.1. The molecule has 1 aliphatic heterocycles. The zero-order chi connectivity index (χ0) is 26.3. The number of ether oxygens (including phenoxy) is 3. The summed E-state index contributed by atoms with van der Waals surface area (Å²) in [4.78, 5) is 12.5. The smallest absolute Gasteiger partial charge is 0.425 e. The van der Waals surface area contributed by atoms with Gasteiger partial charge in [0.25, 0.3) is 0 Å². The number of anilines is 1. The summed E-state index contributed by atoms with van der Waals surface area (Å²) >= 11 is 0. The predicted molar refractivity (Wildman–Crippen MR) is 126 cm³/mol. The number of methoxy groups -OCH3 is 1. The second-order valence-corrected chi connectivity index (χ2v) is 10.3. The van der Waals surface area contributed by atoms with Crippen LogP contribution in [0.5, 0.6) is 5.75 Å². The molecule has 1 aliphatic rings. The quantitative estimate of drug-likeness (QED) is 0.503. The Morgan fingerprint density at radius 3 is 2.25 bits per heavy atom. The van der Waals surface area contributed by atoms with Gasteiger partial charge in [0.15, 0.2) is 6.10 Å². The van der Waals surface area contributed by atoms with E-state index in [4.69, 9.17) is 14.2 Å². The highest BCUT2D eigenvalue weighted by atomic mass is 32.2. The highest BCUT2D eigenvalue weighted by Crippen LogP contribution is 2.28. The molecule has 1 fully saturated rings. The van der Waals surface area contributed by atoms with Crippen molar-refractivity contribution < 1.29 is 40.6 Å². The first kappa shape index (κ1) is 27.8. The van der Waals surface area contributed by atoms with Crippen LogP contribution in [-0.4, -0.2) is 64.0 Å². The Morgan fingerprint density at radius 1 is 1.08 bits per heavy atom. The monoisotopic (exact) mass is 530 g/mol. The average molecular weight is 531 g/mol. The molecule has 1 saturated heterocycles. The number of carbonyl (C=O) groups excluding carboxylic acids is 1. The lowest BCUT2D eigenvalue weighted by molar-refractivity contribution is -0.199. The highest BCUT2D eigenvalue weighted by molar-refractivity contribution is 7.89. The van der Waals surface area contributed by atoms with Gasteiger partial charge in [-0.2, -0.15) is 17.5 Å². The molecule has 0 bridgehead atoms. The van der Waals surface area contributed by atoms with Gasteiger partial charge in [-0.1, -0.05) is 17.7 Å². The van der Waals surface area contributed by atoms with Crippen LogP contribution in [0.3, 0.4) is 0 Å². The molecule has 1 heterocycles.